The van der Waals surface area contributed by atoms with Crippen LogP contribution in [-0.2, 0) is 9.47 Å². The van der Waals surface area contributed by atoms with Crippen molar-refractivity contribution in [1.29, 1.82) is 0 Å². The van der Waals surface area contributed by atoms with Crippen LogP contribution in [0.4, 0.5) is 0 Å². The van der Waals surface area contributed by atoms with Crippen LogP contribution in [0.1, 0.15) is 27.7 Å². The van der Waals surface area contributed by atoms with E-state index in [0.29, 0.717) is 31.3 Å². The maximum atomic E-state index is 5.51. The molecule has 3 heteroatoms. The van der Waals surface area contributed by atoms with Crippen molar-refractivity contribution in [3.8, 4) is 0 Å². The molecule has 0 rings (SSSR count). The van der Waals surface area contributed by atoms with Gasteiger partial charge in [0, 0.05) is 6.04 Å². The Morgan fingerprint density at radius 2 is 1.71 bits per heavy atom. The highest BCUT2D eigenvalue weighted by Gasteiger charge is 2.10. The van der Waals surface area contributed by atoms with Crippen molar-refractivity contribution < 1.29 is 9.47 Å². The Balaban J connectivity index is 3.33. The third-order valence-corrected chi connectivity index (χ3v) is 2.15. The molecule has 3 nitrogen and oxygen atoms in total. The highest BCUT2D eigenvalue weighted by molar-refractivity contribution is 4.66. The summed E-state index contributed by atoms with van der Waals surface area (Å²) in [6, 6.07) is 0.439. The zero-order chi connectivity index (χ0) is 11.0. The summed E-state index contributed by atoms with van der Waals surface area (Å²) >= 11 is 0. The summed E-state index contributed by atoms with van der Waals surface area (Å²) in [7, 11) is 1.97. The molecule has 1 unspecified atom stereocenters. The van der Waals surface area contributed by atoms with Crippen LogP contribution in [-0.4, -0.2) is 39.0 Å². The fourth-order valence-electron chi connectivity index (χ4n) is 1.16. The Hall–Kier alpha value is -0.120. The molecule has 0 aliphatic rings. The lowest BCUT2D eigenvalue weighted by molar-refractivity contribution is 0.0112. The molecule has 0 saturated carbocycles. The number of ether oxygens (including phenoxy) is 2. The average molecular weight is 203 g/mol. The minimum Gasteiger partial charge on any atom is -0.377 e. The molecule has 1 N–H and O–H groups in total. The maximum absolute atomic E-state index is 5.51. The lowest BCUT2D eigenvalue weighted by atomic mass is 10.1. The van der Waals surface area contributed by atoms with Gasteiger partial charge in [-0.15, -0.1) is 0 Å². The molecule has 0 saturated heterocycles. The van der Waals surface area contributed by atoms with E-state index in [0.717, 1.165) is 6.61 Å². The maximum Gasteiger partial charge on any atom is 0.0703 e. The summed E-state index contributed by atoms with van der Waals surface area (Å²) < 4.78 is 10.9. The first-order valence-corrected chi connectivity index (χ1v) is 5.44. The van der Waals surface area contributed by atoms with Crippen molar-refractivity contribution in [2.24, 2.45) is 5.92 Å². The molecule has 0 spiro atoms. The molecule has 0 aromatic rings. The summed E-state index contributed by atoms with van der Waals surface area (Å²) in [4.78, 5) is 0. The highest BCUT2D eigenvalue weighted by atomic mass is 16.5. The van der Waals surface area contributed by atoms with E-state index in [-0.39, 0.29) is 0 Å². The van der Waals surface area contributed by atoms with Crippen LogP contribution >= 0.6 is 0 Å². The van der Waals surface area contributed by atoms with Gasteiger partial charge in [0.1, 0.15) is 0 Å². The van der Waals surface area contributed by atoms with Gasteiger partial charge in [-0.25, -0.2) is 0 Å². The Morgan fingerprint density at radius 1 is 1.07 bits per heavy atom. The van der Waals surface area contributed by atoms with E-state index in [1.807, 2.05) is 20.9 Å². The van der Waals surface area contributed by atoms with Gasteiger partial charge in [0.05, 0.1) is 25.9 Å². The zero-order valence-electron chi connectivity index (χ0n) is 10.2. The predicted octanol–water partition coefficient (Wildman–Crippen LogP) is 1.67. The zero-order valence-corrected chi connectivity index (χ0v) is 10.2. The number of hydrogen-bond acceptors (Lipinski definition) is 3. The van der Waals surface area contributed by atoms with E-state index in [1.54, 1.807) is 0 Å². The SMILES string of the molecule is CNC(COCCOC(C)C)C(C)C. The number of likely N-dealkylation sites (N-methyl/N-ethyl adjacent to an activating group) is 1. The normalized spacial score (nSPS) is 13.9. The molecule has 0 aromatic heterocycles. The summed E-state index contributed by atoms with van der Waals surface area (Å²) in [6.45, 7) is 10.6. The van der Waals surface area contributed by atoms with Crippen molar-refractivity contribution in [3.63, 3.8) is 0 Å². The average Bonchev–Trinajstić information content (AvgIpc) is 2.10. The Morgan fingerprint density at radius 3 is 2.14 bits per heavy atom. The van der Waals surface area contributed by atoms with E-state index in [9.17, 15) is 0 Å². The second-order valence-corrected chi connectivity index (χ2v) is 4.13. The lowest BCUT2D eigenvalue weighted by Gasteiger charge is -2.20. The predicted molar refractivity (Wildman–Crippen MR) is 59.6 cm³/mol. The topological polar surface area (TPSA) is 30.5 Å². The fourth-order valence-corrected chi connectivity index (χ4v) is 1.16. The van der Waals surface area contributed by atoms with Crippen LogP contribution in [0, 0.1) is 5.92 Å². The second kappa shape index (κ2) is 8.21. The monoisotopic (exact) mass is 203 g/mol. The molecule has 0 aromatic carbocycles. The van der Waals surface area contributed by atoms with Crippen LogP contribution in [0.5, 0.6) is 0 Å². The van der Waals surface area contributed by atoms with E-state index in [2.05, 4.69) is 19.2 Å². The van der Waals surface area contributed by atoms with Crippen LogP contribution in [0.25, 0.3) is 0 Å². The molecular formula is C11H25NO2. The minimum atomic E-state index is 0.295. The minimum absolute atomic E-state index is 0.295. The first-order chi connectivity index (χ1) is 6.57. The third kappa shape index (κ3) is 7.30. The van der Waals surface area contributed by atoms with Gasteiger partial charge in [0.2, 0.25) is 0 Å². The summed E-state index contributed by atoms with van der Waals surface area (Å²) in [5.74, 6) is 0.603. The summed E-state index contributed by atoms with van der Waals surface area (Å²) in [6.07, 6.45) is 0.295. The van der Waals surface area contributed by atoms with Crippen LogP contribution in [0.3, 0.4) is 0 Å². The van der Waals surface area contributed by atoms with Crippen LogP contribution in [0.2, 0.25) is 0 Å². The molecule has 14 heavy (non-hydrogen) atoms. The molecule has 86 valence electrons. The number of nitrogens with one attached hydrogen (secondary N) is 1. The molecule has 0 fully saturated rings. The molecule has 0 aliphatic carbocycles. The molecule has 0 aliphatic heterocycles. The van der Waals surface area contributed by atoms with Crippen molar-refractivity contribution in [1.82, 2.24) is 5.32 Å². The van der Waals surface area contributed by atoms with E-state index >= 15 is 0 Å². The Kier molecular flexibility index (Phi) is 8.14. The van der Waals surface area contributed by atoms with Gasteiger partial charge < -0.3 is 14.8 Å². The van der Waals surface area contributed by atoms with Crippen molar-refractivity contribution >= 4 is 0 Å². The lowest BCUT2D eigenvalue weighted by Crippen LogP contribution is -2.35. The first-order valence-electron chi connectivity index (χ1n) is 5.44. The summed E-state index contributed by atoms with van der Waals surface area (Å²) in [5, 5.41) is 3.24. The molecule has 0 amide bonds. The van der Waals surface area contributed by atoms with Crippen molar-refractivity contribution in [2.75, 3.05) is 26.9 Å². The highest BCUT2D eigenvalue weighted by Crippen LogP contribution is 2.01. The van der Waals surface area contributed by atoms with E-state index in [1.165, 1.54) is 0 Å². The Labute approximate surface area is 88.2 Å². The molecule has 0 radical (unpaired) electrons. The summed E-state index contributed by atoms with van der Waals surface area (Å²) in [5.41, 5.74) is 0. The van der Waals surface area contributed by atoms with Gasteiger partial charge in [-0.1, -0.05) is 13.8 Å². The standard InChI is InChI=1S/C11H25NO2/c1-9(2)11(12-5)8-13-6-7-14-10(3)4/h9-12H,6-8H2,1-5H3. The molecular weight excluding hydrogens is 178 g/mol. The Bertz CT molecular complexity index is 126. The molecule has 0 heterocycles. The van der Waals surface area contributed by atoms with E-state index < -0.39 is 0 Å². The van der Waals surface area contributed by atoms with Gasteiger partial charge in [0.15, 0.2) is 0 Å². The second-order valence-electron chi connectivity index (χ2n) is 4.13. The number of rotatable bonds is 8. The first kappa shape index (κ1) is 13.9. The molecule has 1 atom stereocenters. The number of hydrogen-bond donors (Lipinski definition) is 1. The van der Waals surface area contributed by atoms with Gasteiger partial charge >= 0.3 is 0 Å². The van der Waals surface area contributed by atoms with Crippen LogP contribution < -0.4 is 5.32 Å². The van der Waals surface area contributed by atoms with E-state index in [4.69, 9.17) is 9.47 Å². The third-order valence-electron chi connectivity index (χ3n) is 2.15. The fraction of sp³-hybridized carbons (Fsp3) is 1.00. The largest absolute Gasteiger partial charge is 0.377 e. The van der Waals surface area contributed by atoms with Gasteiger partial charge in [-0.3, -0.25) is 0 Å². The van der Waals surface area contributed by atoms with Gasteiger partial charge in [0.25, 0.3) is 0 Å². The van der Waals surface area contributed by atoms with Crippen molar-refractivity contribution in [2.45, 2.75) is 39.8 Å². The van der Waals surface area contributed by atoms with Crippen LogP contribution in [0.15, 0.2) is 0 Å². The molecule has 0 bridgehead atoms. The van der Waals surface area contributed by atoms with Gasteiger partial charge in [-0.05, 0) is 26.8 Å². The smallest absolute Gasteiger partial charge is 0.0703 e. The van der Waals surface area contributed by atoms with Crippen molar-refractivity contribution in [3.05, 3.63) is 0 Å². The van der Waals surface area contributed by atoms with Gasteiger partial charge in [-0.2, -0.15) is 0 Å². The quantitative estimate of drug-likeness (QED) is 0.609.